The van der Waals surface area contributed by atoms with E-state index in [1.807, 2.05) is 30.3 Å². The summed E-state index contributed by atoms with van der Waals surface area (Å²) in [5.74, 6) is 0.665. The van der Waals surface area contributed by atoms with E-state index in [1.54, 1.807) is 24.3 Å². The van der Waals surface area contributed by atoms with Crippen molar-refractivity contribution < 1.29 is 14.1 Å². The van der Waals surface area contributed by atoms with Crippen LogP contribution in [-0.4, -0.2) is 22.5 Å². The fraction of sp³-hybridized carbons (Fsp3) is 0.143. The molecule has 0 saturated carbocycles. The molecule has 4 heteroatoms. The molecule has 94 valence electrons. The minimum atomic E-state index is -1.17. The molecule has 0 aliphatic rings. The maximum atomic E-state index is 12.2. The van der Waals surface area contributed by atoms with E-state index in [2.05, 4.69) is 0 Å². The van der Waals surface area contributed by atoms with Crippen molar-refractivity contribution in [1.29, 1.82) is 0 Å². The monoisotopic (exact) mass is 262 g/mol. The molecule has 3 nitrogen and oxygen atoms in total. The lowest BCUT2D eigenvalue weighted by Crippen LogP contribution is -2.01. The first kappa shape index (κ1) is 12.8. The number of rotatable bonds is 5. The van der Waals surface area contributed by atoms with Gasteiger partial charge in [-0.15, -0.1) is 0 Å². The second-order valence-corrected chi connectivity index (χ2v) is 5.11. The SMILES string of the molecule is O=[S@@](c1ccccc1)c1ccc(OCCO)cc1. The predicted octanol–water partition coefficient (Wildman–Crippen LogP) is 2.22. The van der Waals surface area contributed by atoms with Gasteiger partial charge in [0.15, 0.2) is 0 Å². The number of aliphatic hydroxyl groups excluding tert-OH is 1. The van der Waals surface area contributed by atoms with Crippen LogP contribution in [0.2, 0.25) is 0 Å². The molecule has 0 heterocycles. The zero-order valence-electron chi connectivity index (χ0n) is 9.78. The van der Waals surface area contributed by atoms with E-state index in [9.17, 15) is 4.21 Å². The van der Waals surface area contributed by atoms with Gasteiger partial charge in [-0.2, -0.15) is 0 Å². The summed E-state index contributed by atoms with van der Waals surface area (Å²) in [5, 5.41) is 8.65. The molecule has 0 aromatic heterocycles. The lowest BCUT2D eigenvalue weighted by Gasteiger charge is -2.05. The number of hydrogen-bond acceptors (Lipinski definition) is 3. The van der Waals surface area contributed by atoms with Crippen molar-refractivity contribution in [3.05, 3.63) is 54.6 Å². The van der Waals surface area contributed by atoms with E-state index in [1.165, 1.54) is 0 Å². The van der Waals surface area contributed by atoms with Gasteiger partial charge in [-0.25, -0.2) is 4.21 Å². The van der Waals surface area contributed by atoms with Gasteiger partial charge >= 0.3 is 0 Å². The van der Waals surface area contributed by atoms with Crippen molar-refractivity contribution in [3.63, 3.8) is 0 Å². The molecule has 2 aromatic rings. The average molecular weight is 262 g/mol. The Kier molecular flexibility index (Phi) is 4.50. The first-order valence-corrected chi connectivity index (χ1v) is 6.77. The van der Waals surface area contributed by atoms with Gasteiger partial charge in [-0.3, -0.25) is 0 Å². The molecule has 0 amide bonds. The van der Waals surface area contributed by atoms with Gasteiger partial charge in [0.1, 0.15) is 12.4 Å². The molecule has 2 rings (SSSR count). The van der Waals surface area contributed by atoms with Gasteiger partial charge in [0.25, 0.3) is 0 Å². The first-order valence-electron chi connectivity index (χ1n) is 5.62. The maximum Gasteiger partial charge on any atom is 0.119 e. The van der Waals surface area contributed by atoms with Crippen LogP contribution in [0.3, 0.4) is 0 Å². The van der Waals surface area contributed by atoms with Crippen LogP contribution < -0.4 is 4.74 Å². The standard InChI is InChI=1S/C14H14O3S/c15-10-11-17-12-6-8-14(9-7-12)18(16)13-4-2-1-3-5-13/h1-9,15H,10-11H2/t18-/m0/s1. The first-order chi connectivity index (χ1) is 8.81. The number of hydrogen-bond donors (Lipinski definition) is 1. The van der Waals surface area contributed by atoms with E-state index >= 15 is 0 Å². The molecular weight excluding hydrogens is 248 g/mol. The van der Waals surface area contributed by atoms with Crippen molar-refractivity contribution in [3.8, 4) is 5.75 Å². The summed E-state index contributed by atoms with van der Waals surface area (Å²) < 4.78 is 17.4. The molecule has 0 radical (unpaired) electrons. The minimum absolute atomic E-state index is 0.0162. The van der Waals surface area contributed by atoms with Crippen molar-refractivity contribution in [2.24, 2.45) is 0 Å². The van der Waals surface area contributed by atoms with Crippen LogP contribution in [0.15, 0.2) is 64.4 Å². The Bertz CT molecular complexity index is 508. The minimum Gasteiger partial charge on any atom is -0.491 e. The van der Waals surface area contributed by atoms with Crippen molar-refractivity contribution in [1.82, 2.24) is 0 Å². The number of aliphatic hydroxyl groups is 1. The predicted molar refractivity (Wildman–Crippen MR) is 70.1 cm³/mol. The van der Waals surface area contributed by atoms with E-state index in [0.717, 1.165) is 9.79 Å². The second kappa shape index (κ2) is 6.33. The highest BCUT2D eigenvalue weighted by atomic mass is 32.2. The van der Waals surface area contributed by atoms with Crippen LogP contribution >= 0.6 is 0 Å². The summed E-state index contributed by atoms with van der Waals surface area (Å²) in [4.78, 5) is 1.51. The van der Waals surface area contributed by atoms with E-state index in [-0.39, 0.29) is 13.2 Å². The van der Waals surface area contributed by atoms with E-state index in [4.69, 9.17) is 9.84 Å². The molecule has 0 bridgehead atoms. The highest BCUT2D eigenvalue weighted by Gasteiger charge is 2.06. The van der Waals surface area contributed by atoms with Crippen molar-refractivity contribution >= 4 is 10.8 Å². The molecule has 1 N–H and O–H groups in total. The molecule has 0 unspecified atom stereocenters. The smallest absolute Gasteiger partial charge is 0.119 e. The molecule has 1 atom stereocenters. The van der Waals surface area contributed by atoms with E-state index < -0.39 is 10.8 Å². The molecule has 2 aromatic carbocycles. The van der Waals surface area contributed by atoms with Crippen LogP contribution in [0.25, 0.3) is 0 Å². The van der Waals surface area contributed by atoms with Crippen molar-refractivity contribution in [2.45, 2.75) is 9.79 Å². The van der Waals surface area contributed by atoms with Gasteiger partial charge in [0, 0.05) is 9.79 Å². The maximum absolute atomic E-state index is 12.2. The number of ether oxygens (including phenoxy) is 1. The van der Waals surface area contributed by atoms with Crippen LogP contribution in [0, 0.1) is 0 Å². The molecule has 0 fully saturated rings. The lowest BCUT2D eigenvalue weighted by atomic mass is 10.3. The summed E-state index contributed by atoms with van der Waals surface area (Å²) in [6, 6.07) is 16.4. The topological polar surface area (TPSA) is 46.5 Å². The lowest BCUT2D eigenvalue weighted by molar-refractivity contribution is 0.201. The zero-order chi connectivity index (χ0) is 12.8. The average Bonchev–Trinajstić information content (AvgIpc) is 2.46. The van der Waals surface area contributed by atoms with Crippen LogP contribution in [-0.2, 0) is 10.8 Å². The van der Waals surface area contributed by atoms with Crippen LogP contribution in [0.5, 0.6) is 5.75 Å². The zero-order valence-corrected chi connectivity index (χ0v) is 10.6. The normalized spacial score (nSPS) is 12.1. The summed E-state index contributed by atoms with van der Waals surface area (Å²) in [5.41, 5.74) is 0. The molecule has 18 heavy (non-hydrogen) atoms. The second-order valence-electron chi connectivity index (χ2n) is 3.63. The Morgan fingerprint density at radius 1 is 0.944 bits per heavy atom. The Morgan fingerprint density at radius 2 is 1.56 bits per heavy atom. The fourth-order valence-electron chi connectivity index (χ4n) is 1.50. The Balaban J connectivity index is 2.12. The third-order valence-electron chi connectivity index (χ3n) is 2.36. The Labute approximate surface area is 109 Å². The Hall–Kier alpha value is -1.65. The third-order valence-corrected chi connectivity index (χ3v) is 3.76. The molecule has 0 spiro atoms. The largest absolute Gasteiger partial charge is 0.491 e. The number of benzene rings is 2. The van der Waals surface area contributed by atoms with Crippen LogP contribution in [0.1, 0.15) is 0 Å². The highest BCUT2D eigenvalue weighted by Crippen LogP contribution is 2.19. The van der Waals surface area contributed by atoms with Crippen LogP contribution in [0.4, 0.5) is 0 Å². The molecule has 0 aliphatic carbocycles. The van der Waals surface area contributed by atoms with Gasteiger partial charge in [-0.05, 0) is 36.4 Å². The third kappa shape index (κ3) is 3.18. The fourth-order valence-corrected chi connectivity index (χ4v) is 2.56. The van der Waals surface area contributed by atoms with Gasteiger partial charge < -0.3 is 9.84 Å². The molecule has 0 aliphatic heterocycles. The summed E-state index contributed by atoms with van der Waals surface area (Å²) >= 11 is 0. The summed E-state index contributed by atoms with van der Waals surface area (Å²) in [7, 11) is -1.17. The van der Waals surface area contributed by atoms with Crippen molar-refractivity contribution in [2.75, 3.05) is 13.2 Å². The van der Waals surface area contributed by atoms with Gasteiger partial charge in [0.05, 0.1) is 17.4 Å². The van der Waals surface area contributed by atoms with E-state index in [0.29, 0.717) is 5.75 Å². The van der Waals surface area contributed by atoms with Gasteiger partial charge in [-0.1, -0.05) is 18.2 Å². The summed E-state index contributed by atoms with van der Waals surface area (Å²) in [6.07, 6.45) is 0. The highest BCUT2D eigenvalue weighted by molar-refractivity contribution is 7.85. The molecule has 0 saturated heterocycles. The Morgan fingerprint density at radius 3 is 2.17 bits per heavy atom. The molecular formula is C14H14O3S. The quantitative estimate of drug-likeness (QED) is 0.898. The van der Waals surface area contributed by atoms with Gasteiger partial charge in [0.2, 0.25) is 0 Å². The summed E-state index contributed by atoms with van der Waals surface area (Å²) in [6.45, 7) is 0.249.